The van der Waals surface area contributed by atoms with Gasteiger partial charge in [-0.25, -0.2) is 4.39 Å². The van der Waals surface area contributed by atoms with E-state index in [-0.39, 0.29) is 10.2 Å². The van der Waals surface area contributed by atoms with E-state index < -0.39 is 16.4 Å². The molecule has 0 fully saturated rings. The van der Waals surface area contributed by atoms with Crippen molar-refractivity contribution in [2.75, 3.05) is 0 Å². The Labute approximate surface area is 131 Å². The van der Waals surface area contributed by atoms with E-state index in [1.165, 1.54) is 6.07 Å². The van der Waals surface area contributed by atoms with Crippen LogP contribution in [0.1, 0.15) is 5.56 Å². The molecular formula is C13H8Br2FNO3. The Morgan fingerprint density at radius 2 is 1.90 bits per heavy atom. The quantitative estimate of drug-likeness (QED) is 0.511. The molecule has 0 aliphatic carbocycles. The molecule has 2 aromatic carbocycles. The van der Waals surface area contributed by atoms with Crippen molar-refractivity contribution in [2.45, 2.75) is 6.92 Å². The van der Waals surface area contributed by atoms with E-state index in [0.29, 0.717) is 5.75 Å². The van der Waals surface area contributed by atoms with Crippen molar-refractivity contribution < 1.29 is 14.1 Å². The summed E-state index contributed by atoms with van der Waals surface area (Å²) >= 11 is 6.31. The molecule has 2 aromatic rings. The zero-order chi connectivity index (χ0) is 14.9. The molecule has 0 aliphatic heterocycles. The van der Waals surface area contributed by atoms with Crippen LogP contribution < -0.4 is 4.74 Å². The number of nitro benzene ring substituents is 1. The highest BCUT2D eigenvalue weighted by atomic mass is 79.9. The first kappa shape index (κ1) is 14.9. The van der Waals surface area contributed by atoms with E-state index in [2.05, 4.69) is 31.9 Å². The number of benzene rings is 2. The van der Waals surface area contributed by atoms with Gasteiger partial charge in [0.2, 0.25) is 5.75 Å². The molecule has 0 saturated carbocycles. The van der Waals surface area contributed by atoms with Crippen molar-refractivity contribution in [3.63, 3.8) is 0 Å². The van der Waals surface area contributed by atoms with E-state index in [4.69, 9.17) is 4.74 Å². The molecule has 0 radical (unpaired) electrons. The number of halogens is 3. The van der Waals surface area contributed by atoms with E-state index in [9.17, 15) is 14.5 Å². The summed E-state index contributed by atoms with van der Waals surface area (Å²) < 4.78 is 19.9. The summed E-state index contributed by atoms with van der Waals surface area (Å²) in [5, 5.41) is 11.0. The third kappa shape index (κ3) is 3.16. The summed E-state index contributed by atoms with van der Waals surface area (Å²) in [6, 6.07) is 7.33. The summed E-state index contributed by atoms with van der Waals surface area (Å²) in [5.74, 6) is -0.264. The van der Waals surface area contributed by atoms with Gasteiger partial charge >= 0.3 is 5.69 Å². The fraction of sp³-hybridized carbons (Fsp3) is 0.0769. The minimum Gasteiger partial charge on any atom is -0.450 e. The van der Waals surface area contributed by atoms with Crippen LogP contribution in [-0.4, -0.2) is 4.92 Å². The van der Waals surface area contributed by atoms with Gasteiger partial charge in [0.05, 0.1) is 15.5 Å². The summed E-state index contributed by atoms with van der Waals surface area (Å²) in [5.41, 5.74) is 0.377. The molecule has 0 saturated heterocycles. The van der Waals surface area contributed by atoms with Crippen LogP contribution in [0.2, 0.25) is 0 Å². The number of hydrogen-bond acceptors (Lipinski definition) is 3. The second-order valence-corrected chi connectivity index (χ2v) is 5.77. The smallest absolute Gasteiger partial charge is 0.314 e. The molecule has 0 amide bonds. The van der Waals surface area contributed by atoms with Gasteiger partial charge in [-0.2, -0.15) is 0 Å². The highest BCUT2D eigenvalue weighted by molar-refractivity contribution is 9.10. The SMILES string of the molecule is Cc1cc(Br)ccc1Oc1cc(Br)c(F)cc1[N+](=O)[O-]. The Bertz CT molecular complexity index is 692. The van der Waals surface area contributed by atoms with Gasteiger partial charge in [-0.15, -0.1) is 0 Å². The van der Waals surface area contributed by atoms with Gasteiger partial charge in [-0.1, -0.05) is 15.9 Å². The summed E-state index contributed by atoms with van der Waals surface area (Å²) in [6.45, 7) is 1.81. The maximum absolute atomic E-state index is 13.4. The minimum atomic E-state index is -0.712. The molecule has 0 aromatic heterocycles. The van der Waals surface area contributed by atoms with Crippen molar-refractivity contribution in [1.82, 2.24) is 0 Å². The van der Waals surface area contributed by atoms with Gasteiger partial charge < -0.3 is 4.74 Å². The first-order valence-corrected chi connectivity index (χ1v) is 7.04. The number of aryl methyl sites for hydroxylation is 1. The Balaban J connectivity index is 2.47. The zero-order valence-corrected chi connectivity index (χ0v) is 13.4. The van der Waals surface area contributed by atoms with Crippen LogP contribution in [0, 0.1) is 22.9 Å². The number of nitrogens with zero attached hydrogens (tertiary/aromatic N) is 1. The molecule has 0 heterocycles. The van der Waals surface area contributed by atoms with Gasteiger partial charge in [-0.05, 0) is 46.6 Å². The van der Waals surface area contributed by atoms with Crippen LogP contribution in [0.4, 0.5) is 10.1 Å². The molecule has 0 spiro atoms. The van der Waals surface area contributed by atoms with Gasteiger partial charge in [0.1, 0.15) is 11.6 Å². The largest absolute Gasteiger partial charge is 0.450 e. The number of nitro groups is 1. The maximum Gasteiger partial charge on any atom is 0.314 e. The number of rotatable bonds is 3. The van der Waals surface area contributed by atoms with Gasteiger partial charge in [0, 0.05) is 10.5 Å². The van der Waals surface area contributed by atoms with Gasteiger partial charge in [-0.3, -0.25) is 10.1 Å². The van der Waals surface area contributed by atoms with Gasteiger partial charge in [0.15, 0.2) is 0 Å². The minimum absolute atomic E-state index is 0.0197. The van der Waals surface area contributed by atoms with E-state index in [1.807, 2.05) is 13.0 Å². The first-order chi connectivity index (χ1) is 9.38. The van der Waals surface area contributed by atoms with Gasteiger partial charge in [0.25, 0.3) is 0 Å². The Morgan fingerprint density at radius 3 is 2.50 bits per heavy atom. The van der Waals surface area contributed by atoms with E-state index in [1.54, 1.807) is 12.1 Å². The highest BCUT2D eigenvalue weighted by Crippen LogP contribution is 2.37. The first-order valence-electron chi connectivity index (χ1n) is 5.46. The van der Waals surface area contributed by atoms with Crippen LogP contribution in [0.3, 0.4) is 0 Å². The molecular weight excluding hydrogens is 397 g/mol. The fourth-order valence-electron chi connectivity index (χ4n) is 1.59. The second kappa shape index (κ2) is 5.88. The molecule has 0 atom stereocenters. The predicted octanol–water partition coefficient (Wildman–Crippen LogP) is 5.36. The van der Waals surface area contributed by atoms with E-state index >= 15 is 0 Å². The van der Waals surface area contributed by atoms with Crippen molar-refractivity contribution >= 4 is 37.5 Å². The average Bonchev–Trinajstić information content (AvgIpc) is 2.36. The molecule has 104 valence electrons. The lowest BCUT2D eigenvalue weighted by atomic mass is 10.2. The van der Waals surface area contributed by atoms with Crippen LogP contribution in [0.25, 0.3) is 0 Å². The van der Waals surface area contributed by atoms with Crippen LogP contribution >= 0.6 is 31.9 Å². The lowest BCUT2D eigenvalue weighted by molar-refractivity contribution is -0.385. The molecule has 0 aliphatic rings. The molecule has 2 rings (SSSR count). The topological polar surface area (TPSA) is 52.4 Å². The van der Waals surface area contributed by atoms with Crippen LogP contribution in [-0.2, 0) is 0 Å². The van der Waals surface area contributed by atoms with Crippen molar-refractivity contribution in [1.29, 1.82) is 0 Å². The molecule has 0 N–H and O–H groups in total. The molecule has 20 heavy (non-hydrogen) atoms. The molecule has 7 heteroatoms. The zero-order valence-electron chi connectivity index (χ0n) is 10.2. The average molecular weight is 405 g/mol. The molecule has 0 bridgehead atoms. The molecule has 4 nitrogen and oxygen atoms in total. The second-order valence-electron chi connectivity index (χ2n) is 4.00. The van der Waals surface area contributed by atoms with E-state index in [0.717, 1.165) is 16.1 Å². The van der Waals surface area contributed by atoms with Crippen LogP contribution in [0.5, 0.6) is 11.5 Å². The third-order valence-corrected chi connectivity index (χ3v) is 3.66. The monoisotopic (exact) mass is 403 g/mol. The Kier molecular flexibility index (Phi) is 4.39. The van der Waals surface area contributed by atoms with Crippen molar-refractivity contribution in [3.05, 3.63) is 60.8 Å². The number of hydrogen-bond donors (Lipinski definition) is 0. The van der Waals surface area contributed by atoms with Crippen molar-refractivity contribution in [3.8, 4) is 11.5 Å². The van der Waals surface area contributed by atoms with Crippen molar-refractivity contribution in [2.24, 2.45) is 0 Å². The lowest BCUT2D eigenvalue weighted by Gasteiger charge is -2.10. The number of ether oxygens (including phenoxy) is 1. The predicted molar refractivity (Wildman–Crippen MR) is 79.7 cm³/mol. The van der Waals surface area contributed by atoms with Crippen LogP contribution in [0.15, 0.2) is 39.3 Å². The standard InChI is InChI=1S/C13H8Br2FNO3/c1-7-4-8(14)2-3-12(7)20-13-5-9(15)10(16)6-11(13)17(18)19/h2-6H,1H3. The normalized spacial score (nSPS) is 10.4. The maximum atomic E-state index is 13.4. The molecule has 0 unspecified atom stereocenters. The lowest BCUT2D eigenvalue weighted by Crippen LogP contribution is -1.96. The third-order valence-electron chi connectivity index (χ3n) is 2.56. The highest BCUT2D eigenvalue weighted by Gasteiger charge is 2.20. The Morgan fingerprint density at radius 1 is 1.20 bits per heavy atom. The fourth-order valence-corrected chi connectivity index (χ4v) is 2.39. The Hall–Kier alpha value is -1.47. The summed E-state index contributed by atoms with van der Waals surface area (Å²) in [6.07, 6.45) is 0. The summed E-state index contributed by atoms with van der Waals surface area (Å²) in [4.78, 5) is 10.3. The summed E-state index contributed by atoms with van der Waals surface area (Å²) in [7, 11) is 0.